The fourth-order valence-electron chi connectivity index (χ4n) is 5.04. The molecule has 2 rings (SSSR count). The molecular formula is C27H46NO7P. The highest BCUT2D eigenvalue weighted by Gasteiger charge is 2.40. The molecule has 2 fully saturated rings. The quantitative estimate of drug-likeness (QED) is 0.118. The second kappa shape index (κ2) is 16.0. The van der Waals surface area contributed by atoms with Crippen molar-refractivity contribution in [2.45, 2.75) is 91.6 Å². The van der Waals surface area contributed by atoms with Crippen LogP contribution in [0.1, 0.15) is 74.5 Å². The molecule has 0 aromatic carbocycles. The number of carbonyl (C=O) groups is 2. The molecule has 0 spiro atoms. The molecule has 0 aromatic rings. The minimum atomic E-state index is -1.07. The monoisotopic (exact) mass is 528 g/mol. The number of Topliss-reactive ketones (excluding diaryl/α,β-unsaturated/α-hetero) is 1. The van der Waals surface area contributed by atoms with E-state index in [1.54, 1.807) is 0 Å². The summed E-state index contributed by atoms with van der Waals surface area (Å²) in [6.07, 6.45) is 3.90. The van der Waals surface area contributed by atoms with Gasteiger partial charge in [0.15, 0.2) is 14.7 Å². The van der Waals surface area contributed by atoms with Gasteiger partial charge in [-0.3, -0.25) is 9.59 Å². The average Bonchev–Trinajstić information content (AvgIpc) is 3.27. The molecule has 0 amide bonds. The Morgan fingerprint density at radius 3 is 2.58 bits per heavy atom. The Labute approximate surface area is 220 Å². The number of hydrogen-bond donors (Lipinski definition) is 0. The highest BCUT2D eigenvalue weighted by atomic mass is 31.2. The molecule has 1 saturated carbocycles. The largest absolute Gasteiger partial charge is 0.463 e. The number of hydrogen-bond acceptors (Lipinski definition) is 7. The lowest BCUT2D eigenvalue weighted by atomic mass is 9.79. The zero-order valence-electron chi connectivity index (χ0n) is 23.6. The van der Waals surface area contributed by atoms with Crippen LogP contribution in [-0.4, -0.2) is 63.3 Å². The van der Waals surface area contributed by atoms with Crippen molar-refractivity contribution < 1.29 is 34.2 Å². The summed E-state index contributed by atoms with van der Waals surface area (Å²) in [6, 6.07) is 0. The molecule has 8 nitrogen and oxygen atoms in total. The molecule has 2 aliphatic rings. The Hall–Kier alpha value is -1.10. The Bertz CT molecular complexity index is 751. The van der Waals surface area contributed by atoms with Crippen LogP contribution in [-0.2, 0) is 32.8 Å². The van der Waals surface area contributed by atoms with Crippen molar-refractivity contribution in [3.63, 3.8) is 0 Å². The van der Waals surface area contributed by atoms with E-state index in [1.807, 2.05) is 6.66 Å². The summed E-state index contributed by atoms with van der Waals surface area (Å²) in [5.74, 6) is 0.763. The van der Waals surface area contributed by atoms with Gasteiger partial charge in [-0.15, -0.1) is 0 Å². The summed E-state index contributed by atoms with van der Waals surface area (Å²) < 4.78 is 36.8. The van der Waals surface area contributed by atoms with Crippen molar-refractivity contribution in [1.29, 1.82) is 0 Å². The number of rotatable bonds is 15. The van der Waals surface area contributed by atoms with Crippen LogP contribution in [0.25, 0.3) is 4.85 Å². The Balaban J connectivity index is 1.67. The van der Waals surface area contributed by atoms with E-state index < -0.39 is 8.38 Å². The topological polar surface area (TPSA) is 84.7 Å². The number of carbonyl (C=O) groups excluding carboxylic acids is 2. The average molecular weight is 529 g/mol. The number of ether oxygens (including phenoxy) is 3. The number of unbranched alkanes of at least 4 members (excludes halogenated alkanes) is 2. The summed E-state index contributed by atoms with van der Waals surface area (Å²) >= 11 is 0. The maximum Gasteiger partial charge on any atom is 0.302 e. The minimum absolute atomic E-state index is 0.0433. The second-order valence-electron chi connectivity index (χ2n) is 10.3. The third kappa shape index (κ3) is 9.99. The minimum Gasteiger partial charge on any atom is -0.463 e. The van der Waals surface area contributed by atoms with E-state index >= 15 is 0 Å². The van der Waals surface area contributed by atoms with Gasteiger partial charge in [-0.1, -0.05) is 34.1 Å². The molecule has 0 N–H and O–H groups in total. The summed E-state index contributed by atoms with van der Waals surface area (Å²) in [5, 5.41) is 0. The Morgan fingerprint density at radius 1 is 1.11 bits per heavy atom. The van der Waals surface area contributed by atoms with E-state index in [-0.39, 0.29) is 67.4 Å². The lowest BCUT2D eigenvalue weighted by Crippen LogP contribution is -2.47. The maximum absolute atomic E-state index is 12.9. The standard InChI is InChI=1S/C27H46NO7P/c1-18-15-23(35-36(7)33-14-12-28-6)16-24(18)25(30)11-9-8-10-13-31-27-21(4)19(2)20(3)26(34-27)17-32-22(5)29/h18-21,23-24,26-27H,8-17H2,1-5,7H3/t18-,19+,20-,21?,23-,24?,26?,27-,36?/m1/s1/i1D. The van der Waals surface area contributed by atoms with Gasteiger partial charge in [0.25, 0.3) is 0 Å². The molecule has 9 heteroatoms. The third-order valence-electron chi connectivity index (χ3n) is 7.62. The van der Waals surface area contributed by atoms with Crippen LogP contribution in [0.4, 0.5) is 0 Å². The molecule has 0 radical (unpaired) electrons. The van der Waals surface area contributed by atoms with Crippen molar-refractivity contribution >= 4 is 20.1 Å². The lowest BCUT2D eigenvalue weighted by Gasteiger charge is -2.43. The van der Waals surface area contributed by atoms with Gasteiger partial charge in [-0.25, -0.2) is 6.57 Å². The van der Waals surface area contributed by atoms with E-state index in [0.717, 1.165) is 25.7 Å². The molecule has 206 valence electrons. The van der Waals surface area contributed by atoms with Crippen molar-refractivity contribution in [3.05, 3.63) is 11.4 Å². The molecule has 1 heterocycles. The van der Waals surface area contributed by atoms with Gasteiger partial charge in [0, 0.05) is 39.8 Å². The Kier molecular flexibility index (Phi) is 13.1. The first-order chi connectivity index (χ1) is 17.7. The van der Waals surface area contributed by atoms with Crippen LogP contribution in [0.5, 0.6) is 0 Å². The van der Waals surface area contributed by atoms with E-state index in [4.69, 9.17) is 31.2 Å². The van der Waals surface area contributed by atoms with Crippen LogP contribution in [0, 0.1) is 36.2 Å². The van der Waals surface area contributed by atoms with Crippen molar-refractivity contribution in [1.82, 2.24) is 0 Å². The number of esters is 1. The van der Waals surface area contributed by atoms with Crippen molar-refractivity contribution in [2.24, 2.45) is 29.6 Å². The van der Waals surface area contributed by atoms with Crippen LogP contribution in [0.3, 0.4) is 0 Å². The third-order valence-corrected chi connectivity index (χ3v) is 8.76. The van der Waals surface area contributed by atoms with Crippen LogP contribution in [0.2, 0.25) is 0 Å². The second-order valence-corrected chi connectivity index (χ2v) is 11.6. The zero-order chi connectivity index (χ0) is 27.4. The summed E-state index contributed by atoms with van der Waals surface area (Å²) in [6.45, 7) is 18.3. The highest BCUT2D eigenvalue weighted by Crippen LogP contribution is 2.43. The molecular weight excluding hydrogens is 481 g/mol. The maximum atomic E-state index is 12.9. The molecule has 9 atom stereocenters. The zero-order valence-corrected chi connectivity index (χ0v) is 23.5. The molecule has 1 aliphatic heterocycles. The highest BCUT2D eigenvalue weighted by molar-refractivity contribution is 7.46. The normalized spacial score (nSPS) is 33.5. The van der Waals surface area contributed by atoms with Gasteiger partial charge in [0.2, 0.25) is 6.54 Å². The van der Waals surface area contributed by atoms with Crippen molar-refractivity contribution in [2.75, 3.05) is 33.0 Å². The van der Waals surface area contributed by atoms with E-state index in [2.05, 4.69) is 25.6 Å². The van der Waals surface area contributed by atoms with Crippen LogP contribution < -0.4 is 0 Å². The van der Waals surface area contributed by atoms with E-state index in [1.165, 1.54) is 6.92 Å². The van der Waals surface area contributed by atoms with Gasteiger partial charge >= 0.3 is 5.97 Å². The first-order valence-electron chi connectivity index (χ1n) is 14.0. The fraction of sp³-hybridized carbons (Fsp3) is 0.889. The predicted molar refractivity (Wildman–Crippen MR) is 139 cm³/mol. The fourth-order valence-corrected chi connectivity index (χ4v) is 6.03. The molecule has 0 bridgehead atoms. The van der Waals surface area contributed by atoms with Gasteiger partial charge in [-0.05, 0) is 43.4 Å². The molecule has 4 unspecified atom stereocenters. The SMILES string of the molecule is [2H]C[C@@H]1C[C@@H](OP(C)OCC[N+]#[C-])CC1C(=O)CCCCCO[C@@H]1OC(COC(C)=O)[C@H](C)[C@H](C)C1C. The predicted octanol–water partition coefficient (Wildman–Crippen LogP) is 5.64. The Morgan fingerprint density at radius 2 is 1.89 bits per heavy atom. The van der Waals surface area contributed by atoms with Gasteiger partial charge < -0.3 is 28.1 Å². The van der Waals surface area contributed by atoms with Gasteiger partial charge in [0.05, 0.1) is 12.2 Å². The molecule has 1 aliphatic carbocycles. The van der Waals surface area contributed by atoms with E-state index in [9.17, 15) is 9.59 Å². The first kappa shape index (κ1) is 29.5. The number of nitrogens with zero attached hydrogens (tertiary/aromatic N) is 1. The number of ketones is 1. The van der Waals surface area contributed by atoms with Crippen LogP contribution >= 0.6 is 8.38 Å². The molecule has 36 heavy (non-hydrogen) atoms. The van der Waals surface area contributed by atoms with Gasteiger partial charge in [0.1, 0.15) is 19.0 Å². The van der Waals surface area contributed by atoms with Crippen molar-refractivity contribution in [3.8, 4) is 0 Å². The lowest BCUT2D eigenvalue weighted by molar-refractivity contribution is -0.255. The molecule has 0 aromatic heterocycles. The summed E-state index contributed by atoms with van der Waals surface area (Å²) in [4.78, 5) is 27.4. The molecule has 1 saturated heterocycles. The van der Waals surface area contributed by atoms with Crippen LogP contribution in [0.15, 0.2) is 0 Å². The smallest absolute Gasteiger partial charge is 0.302 e. The van der Waals surface area contributed by atoms with E-state index in [0.29, 0.717) is 38.5 Å². The first-order valence-corrected chi connectivity index (χ1v) is 14.9. The summed E-state index contributed by atoms with van der Waals surface area (Å²) in [5.41, 5.74) is 0. The summed E-state index contributed by atoms with van der Waals surface area (Å²) in [7, 11) is -1.07. The van der Waals surface area contributed by atoms with Gasteiger partial charge in [-0.2, -0.15) is 0 Å².